The van der Waals surface area contributed by atoms with E-state index in [0.717, 1.165) is 6.42 Å². The van der Waals surface area contributed by atoms with Gasteiger partial charge in [0.05, 0.1) is 18.4 Å². The van der Waals surface area contributed by atoms with E-state index in [2.05, 4.69) is 22.5 Å². The molecule has 2 aromatic heterocycles. The maximum absolute atomic E-state index is 12.2. The van der Waals surface area contributed by atoms with Crippen LogP contribution in [-0.4, -0.2) is 22.8 Å². The number of hydrogen-bond donors (Lipinski definition) is 2. The standard InChI is InChI=1S/C17H21N3O3S/c1-11-5-2-3-6-13(11)19-15(21)9-12-10-24-17(18-12)20-16(22)14-7-4-8-23-14/h4,7-8,10-11,13H,2-3,5-6,9H2,1H3,(H,19,21)(H,18,20,22). The molecule has 0 spiro atoms. The number of amides is 2. The summed E-state index contributed by atoms with van der Waals surface area (Å²) in [7, 11) is 0. The SMILES string of the molecule is CC1CCCCC1NC(=O)Cc1csc(NC(=O)c2ccco2)n1. The van der Waals surface area contributed by atoms with Crippen molar-refractivity contribution in [3.05, 3.63) is 35.2 Å². The first-order chi connectivity index (χ1) is 11.6. The van der Waals surface area contributed by atoms with E-state index in [1.165, 1.54) is 36.9 Å². The zero-order chi connectivity index (χ0) is 16.9. The molecule has 1 saturated carbocycles. The van der Waals surface area contributed by atoms with Gasteiger partial charge in [-0.15, -0.1) is 11.3 Å². The van der Waals surface area contributed by atoms with Crippen molar-refractivity contribution in [1.82, 2.24) is 10.3 Å². The van der Waals surface area contributed by atoms with Crippen LogP contribution in [0.25, 0.3) is 0 Å². The minimum Gasteiger partial charge on any atom is -0.459 e. The Hall–Kier alpha value is -2.15. The predicted octanol–water partition coefficient (Wildman–Crippen LogP) is 3.23. The molecule has 6 nitrogen and oxygen atoms in total. The summed E-state index contributed by atoms with van der Waals surface area (Å²) in [6.45, 7) is 2.19. The Kier molecular flexibility index (Phi) is 5.30. The van der Waals surface area contributed by atoms with Crippen LogP contribution < -0.4 is 10.6 Å². The van der Waals surface area contributed by atoms with Crippen LogP contribution >= 0.6 is 11.3 Å². The highest BCUT2D eigenvalue weighted by atomic mass is 32.1. The Morgan fingerprint density at radius 2 is 2.21 bits per heavy atom. The van der Waals surface area contributed by atoms with Crippen LogP contribution in [0.3, 0.4) is 0 Å². The summed E-state index contributed by atoms with van der Waals surface area (Å²) in [5.74, 6) is 0.404. The van der Waals surface area contributed by atoms with E-state index >= 15 is 0 Å². The third-order valence-electron chi connectivity index (χ3n) is 4.32. The van der Waals surface area contributed by atoms with Crippen molar-refractivity contribution in [2.75, 3.05) is 5.32 Å². The normalized spacial score (nSPS) is 20.5. The molecule has 1 aliphatic carbocycles. The van der Waals surface area contributed by atoms with E-state index in [-0.39, 0.29) is 30.0 Å². The predicted molar refractivity (Wildman–Crippen MR) is 92.0 cm³/mol. The van der Waals surface area contributed by atoms with Gasteiger partial charge in [0.25, 0.3) is 5.91 Å². The number of anilines is 1. The molecule has 2 heterocycles. The number of aromatic nitrogens is 1. The van der Waals surface area contributed by atoms with Crippen molar-refractivity contribution in [2.24, 2.45) is 5.92 Å². The van der Waals surface area contributed by atoms with Crippen molar-refractivity contribution < 1.29 is 14.0 Å². The monoisotopic (exact) mass is 347 g/mol. The molecule has 24 heavy (non-hydrogen) atoms. The largest absolute Gasteiger partial charge is 0.459 e. The fourth-order valence-corrected chi connectivity index (χ4v) is 3.67. The van der Waals surface area contributed by atoms with E-state index in [1.807, 2.05) is 0 Å². The van der Waals surface area contributed by atoms with E-state index < -0.39 is 0 Å². The average Bonchev–Trinajstić information content (AvgIpc) is 3.21. The quantitative estimate of drug-likeness (QED) is 0.870. The fraction of sp³-hybridized carbons (Fsp3) is 0.471. The smallest absolute Gasteiger partial charge is 0.293 e. The van der Waals surface area contributed by atoms with Crippen molar-refractivity contribution in [3.8, 4) is 0 Å². The van der Waals surface area contributed by atoms with Gasteiger partial charge in [-0.25, -0.2) is 4.98 Å². The first-order valence-electron chi connectivity index (χ1n) is 8.20. The van der Waals surface area contributed by atoms with Crippen LogP contribution in [0.1, 0.15) is 48.9 Å². The molecular formula is C17H21N3O3S. The maximum atomic E-state index is 12.2. The van der Waals surface area contributed by atoms with Gasteiger partial charge in [-0.2, -0.15) is 0 Å². The van der Waals surface area contributed by atoms with Gasteiger partial charge >= 0.3 is 0 Å². The highest BCUT2D eigenvalue weighted by molar-refractivity contribution is 7.14. The second-order valence-corrected chi connectivity index (χ2v) is 7.05. The summed E-state index contributed by atoms with van der Waals surface area (Å²) < 4.78 is 5.03. The molecule has 128 valence electrons. The third kappa shape index (κ3) is 4.23. The van der Waals surface area contributed by atoms with Gasteiger partial charge in [0, 0.05) is 11.4 Å². The molecule has 1 fully saturated rings. The third-order valence-corrected chi connectivity index (χ3v) is 5.12. The zero-order valence-electron chi connectivity index (χ0n) is 13.6. The molecule has 2 atom stereocenters. The lowest BCUT2D eigenvalue weighted by molar-refractivity contribution is -0.121. The summed E-state index contributed by atoms with van der Waals surface area (Å²) in [5, 5.41) is 8.04. The number of furan rings is 1. The van der Waals surface area contributed by atoms with Gasteiger partial charge in [0.15, 0.2) is 10.9 Å². The number of nitrogens with zero attached hydrogens (tertiary/aromatic N) is 1. The highest BCUT2D eigenvalue weighted by Crippen LogP contribution is 2.24. The van der Waals surface area contributed by atoms with Gasteiger partial charge < -0.3 is 9.73 Å². The number of carbonyl (C=O) groups excluding carboxylic acids is 2. The van der Waals surface area contributed by atoms with Crippen LogP contribution in [-0.2, 0) is 11.2 Å². The molecule has 2 amide bonds. The van der Waals surface area contributed by atoms with E-state index in [9.17, 15) is 9.59 Å². The topological polar surface area (TPSA) is 84.2 Å². The molecular weight excluding hydrogens is 326 g/mol. The molecule has 0 aliphatic heterocycles. The molecule has 0 saturated heterocycles. The second-order valence-electron chi connectivity index (χ2n) is 6.19. The lowest BCUT2D eigenvalue weighted by Crippen LogP contribution is -2.41. The zero-order valence-corrected chi connectivity index (χ0v) is 14.4. The van der Waals surface area contributed by atoms with Crippen molar-refractivity contribution in [2.45, 2.75) is 45.1 Å². The first kappa shape index (κ1) is 16.7. The highest BCUT2D eigenvalue weighted by Gasteiger charge is 2.23. The molecule has 0 aromatic carbocycles. The lowest BCUT2D eigenvalue weighted by Gasteiger charge is -2.29. The number of hydrogen-bond acceptors (Lipinski definition) is 5. The molecule has 7 heteroatoms. The summed E-state index contributed by atoms with van der Waals surface area (Å²) in [4.78, 5) is 28.4. The van der Waals surface area contributed by atoms with Gasteiger partial charge in [-0.1, -0.05) is 19.8 Å². The van der Waals surface area contributed by atoms with Crippen molar-refractivity contribution in [1.29, 1.82) is 0 Å². The molecule has 1 aliphatic rings. The molecule has 2 N–H and O–H groups in total. The van der Waals surface area contributed by atoms with E-state index in [1.54, 1.807) is 17.5 Å². The Labute approximate surface area is 144 Å². The minimum absolute atomic E-state index is 0.0111. The first-order valence-corrected chi connectivity index (χ1v) is 9.08. The summed E-state index contributed by atoms with van der Waals surface area (Å²) in [6, 6.07) is 3.50. The van der Waals surface area contributed by atoms with Gasteiger partial charge in [0.1, 0.15) is 0 Å². The number of nitrogens with one attached hydrogen (secondary N) is 2. The number of thiazole rings is 1. The van der Waals surface area contributed by atoms with Crippen molar-refractivity contribution in [3.63, 3.8) is 0 Å². The van der Waals surface area contributed by atoms with Gasteiger partial charge in [-0.3, -0.25) is 14.9 Å². The van der Waals surface area contributed by atoms with Crippen LogP contribution in [0, 0.1) is 5.92 Å². The Morgan fingerprint density at radius 3 is 2.96 bits per heavy atom. The molecule has 2 unspecified atom stereocenters. The summed E-state index contributed by atoms with van der Waals surface area (Å²) >= 11 is 1.30. The average molecular weight is 347 g/mol. The molecule has 3 rings (SSSR count). The minimum atomic E-state index is -0.346. The maximum Gasteiger partial charge on any atom is 0.293 e. The second kappa shape index (κ2) is 7.61. The van der Waals surface area contributed by atoms with Crippen LogP contribution in [0.5, 0.6) is 0 Å². The Morgan fingerprint density at radius 1 is 1.38 bits per heavy atom. The van der Waals surface area contributed by atoms with Crippen LogP contribution in [0.15, 0.2) is 28.2 Å². The number of carbonyl (C=O) groups is 2. The van der Waals surface area contributed by atoms with Gasteiger partial charge in [-0.05, 0) is 30.9 Å². The molecule has 0 radical (unpaired) electrons. The lowest BCUT2D eigenvalue weighted by atomic mass is 9.86. The number of rotatable bonds is 5. The molecule has 0 bridgehead atoms. The van der Waals surface area contributed by atoms with Crippen molar-refractivity contribution >= 4 is 28.3 Å². The Bertz CT molecular complexity index is 696. The van der Waals surface area contributed by atoms with E-state index in [4.69, 9.17) is 4.42 Å². The Balaban J connectivity index is 1.52. The van der Waals surface area contributed by atoms with E-state index in [0.29, 0.717) is 16.7 Å². The fourth-order valence-electron chi connectivity index (χ4n) is 2.97. The van der Waals surface area contributed by atoms with Crippen LogP contribution in [0.2, 0.25) is 0 Å². The van der Waals surface area contributed by atoms with Gasteiger partial charge in [0.2, 0.25) is 5.91 Å². The summed E-state index contributed by atoms with van der Waals surface area (Å²) in [5.41, 5.74) is 0.663. The molecule has 2 aromatic rings. The van der Waals surface area contributed by atoms with Crippen LogP contribution in [0.4, 0.5) is 5.13 Å². The summed E-state index contributed by atoms with van der Waals surface area (Å²) in [6.07, 6.45) is 6.32.